The molecule has 1 heterocycles. The van der Waals surface area contributed by atoms with Crippen molar-refractivity contribution in [2.75, 3.05) is 6.54 Å². The van der Waals surface area contributed by atoms with Crippen LogP contribution in [0.5, 0.6) is 0 Å². The van der Waals surface area contributed by atoms with E-state index < -0.39 is 0 Å². The highest BCUT2D eigenvalue weighted by Gasteiger charge is 2.28. The maximum Gasteiger partial charge on any atom is 0.225 e. The summed E-state index contributed by atoms with van der Waals surface area (Å²) in [5.41, 5.74) is 2.57. The highest BCUT2D eigenvalue weighted by Crippen LogP contribution is 2.30. The van der Waals surface area contributed by atoms with Crippen molar-refractivity contribution in [1.29, 1.82) is 0 Å². The van der Waals surface area contributed by atoms with E-state index in [4.69, 9.17) is 0 Å². The van der Waals surface area contributed by atoms with E-state index in [0.29, 0.717) is 12.5 Å². The molecule has 128 valence electrons. The monoisotopic (exact) mass is 325 g/mol. The topological polar surface area (TPSA) is 38.1 Å². The summed E-state index contributed by atoms with van der Waals surface area (Å²) in [7, 11) is 0. The number of carbonyl (C=O) groups is 1. The Balaban J connectivity index is 1.75. The Hall–Kier alpha value is -2.10. The van der Waals surface area contributed by atoms with Gasteiger partial charge in [0.1, 0.15) is 5.82 Å². The van der Waals surface area contributed by atoms with Crippen LogP contribution in [-0.4, -0.2) is 26.9 Å². The molecule has 1 aliphatic carbocycles. The normalized spacial score (nSPS) is 14.2. The van der Waals surface area contributed by atoms with E-state index in [9.17, 15) is 4.79 Å². The third kappa shape index (κ3) is 4.05. The summed E-state index contributed by atoms with van der Waals surface area (Å²) >= 11 is 0. The summed E-state index contributed by atoms with van der Waals surface area (Å²) in [5.74, 6) is 1.91. The fourth-order valence-corrected chi connectivity index (χ4v) is 2.99. The first-order valence-electron chi connectivity index (χ1n) is 8.88. The van der Waals surface area contributed by atoms with Gasteiger partial charge in [-0.1, -0.05) is 38.1 Å². The Bertz CT molecular complexity index is 700. The smallest absolute Gasteiger partial charge is 0.225 e. The van der Waals surface area contributed by atoms with Gasteiger partial charge in [-0.3, -0.25) is 4.79 Å². The van der Waals surface area contributed by atoms with Crippen molar-refractivity contribution < 1.29 is 4.79 Å². The fourth-order valence-electron chi connectivity index (χ4n) is 2.99. The van der Waals surface area contributed by atoms with Gasteiger partial charge in [0, 0.05) is 31.4 Å². The Labute approximate surface area is 144 Å². The lowest BCUT2D eigenvalue weighted by Crippen LogP contribution is -2.36. The molecule has 1 fully saturated rings. The molecule has 0 radical (unpaired) electrons. The molecule has 0 spiro atoms. The van der Waals surface area contributed by atoms with E-state index in [1.807, 2.05) is 31.1 Å². The molecule has 4 nitrogen and oxygen atoms in total. The molecule has 0 unspecified atom stereocenters. The highest BCUT2D eigenvalue weighted by molar-refractivity contribution is 5.78. The van der Waals surface area contributed by atoms with Crippen molar-refractivity contribution in [1.82, 2.24) is 14.5 Å². The first kappa shape index (κ1) is 16.7. The van der Waals surface area contributed by atoms with Crippen LogP contribution in [0.4, 0.5) is 0 Å². The maximum absolute atomic E-state index is 12.5. The van der Waals surface area contributed by atoms with E-state index in [-0.39, 0.29) is 11.8 Å². The Morgan fingerprint density at radius 2 is 2.08 bits per heavy atom. The van der Waals surface area contributed by atoms with Crippen molar-refractivity contribution in [3.8, 4) is 0 Å². The van der Waals surface area contributed by atoms with Crippen LogP contribution in [-0.2, 0) is 17.9 Å². The van der Waals surface area contributed by atoms with Gasteiger partial charge in [0.15, 0.2) is 0 Å². The molecule has 24 heavy (non-hydrogen) atoms. The predicted molar refractivity (Wildman–Crippen MR) is 95.5 cm³/mol. The molecular formula is C20H27N3O. The van der Waals surface area contributed by atoms with Gasteiger partial charge in [0.25, 0.3) is 0 Å². The van der Waals surface area contributed by atoms with Crippen molar-refractivity contribution >= 4 is 5.91 Å². The second-order valence-electron chi connectivity index (χ2n) is 7.21. The quantitative estimate of drug-likeness (QED) is 0.779. The second kappa shape index (κ2) is 7.20. The molecule has 2 aromatic rings. The number of carbonyl (C=O) groups excluding carboxylic acids is 1. The Kier molecular flexibility index (Phi) is 5.03. The lowest BCUT2D eigenvalue weighted by atomic mass is 10.1. The Morgan fingerprint density at radius 1 is 1.33 bits per heavy atom. The number of benzene rings is 1. The molecule has 1 aromatic heterocycles. The van der Waals surface area contributed by atoms with E-state index >= 15 is 0 Å². The molecule has 0 saturated heterocycles. The summed E-state index contributed by atoms with van der Waals surface area (Å²) in [6, 6.07) is 8.42. The van der Waals surface area contributed by atoms with Crippen LogP contribution in [0.15, 0.2) is 36.7 Å². The lowest BCUT2D eigenvalue weighted by molar-refractivity contribution is -0.135. The Morgan fingerprint density at radius 3 is 2.75 bits per heavy atom. The van der Waals surface area contributed by atoms with Gasteiger partial charge in [-0.2, -0.15) is 0 Å². The van der Waals surface area contributed by atoms with Gasteiger partial charge in [-0.15, -0.1) is 0 Å². The molecule has 1 aromatic carbocycles. The number of rotatable bonds is 7. The zero-order valence-electron chi connectivity index (χ0n) is 14.9. The highest BCUT2D eigenvalue weighted by atomic mass is 16.2. The first-order chi connectivity index (χ1) is 11.5. The number of imidazole rings is 1. The van der Waals surface area contributed by atoms with Crippen LogP contribution in [0, 0.1) is 18.8 Å². The van der Waals surface area contributed by atoms with Crippen molar-refractivity contribution in [2.24, 2.45) is 11.8 Å². The minimum Gasteiger partial charge on any atom is -0.335 e. The van der Waals surface area contributed by atoms with Crippen molar-refractivity contribution in [3.05, 3.63) is 53.6 Å². The molecule has 1 amide bonds. The minimum atomic E-state index is 0.0310. The van der Waals surface area contributed by atoms with Gasteiger partial charge in [-0.05, 0) is 36.8 Å². The summed E-state index contributed by atoms with van der Waals surface area (Å²) in [6.45, 7) is 8.35. The van der Waals surface area contributed by atoms with E-state index in [1.165, 1.54) is 24.0 Å². The number of aryl methyl sites for hydroxylation is 1. The van der Waals surface area contributed by atoms with Gasteiger partial charge in [0.05, 0.1) is 6.54 Å². The number of amides is 1. The molecule has 1 aliphatic rings. The van der Waals surface area contributed by atoms with Gasteiger partial charge >= 0.3 is 0 Å². The summed E-state index contributed by atoms with van der Waals surface area (Å²) < 4.78 is 2.16. The number of hydrogen-bond donors (Lipinski definition) is 0. The second-order valence-corrected chi connectivity index (χ2v) is 7.21. The predicted octanol–water partition coefficient (Wildman–Crippen LogP) is 3.63. The molecule has 1 saturated carbocycles. The van der Waals surface area contributed by atoms with Crippen LogP contribution in [0.25, 0.3) is 0 Å². The largest absolute Gasteiger partial charge is 0.335 e. The molecular weight excluding hydrogens is 298 g/mol. The lowest BCUT2D eigenvalue weighted by Gasteiger charge is -2.24. The van der Waals surface area contributed by atoms with Crippen LogP contribution in [0.3, 0.4) is 0 Å². The third-order valence-corrected chi connectivity index (χ3v) is 4.72. The molecule has 0 atom stereocenters. The molecule has 4 heteroatoms. The molecule has 0 N–H and O–H groups in total. The zero-order chi connectivity index (χ0) is 17.1. The van der Waals surface area contributed by atoms with Crippen LogP contribution < -0.4 is 0 Å². The number of nitrogens with zero attached hydrogens (tertiary/aromatic N) is 3. The molecule has 3 rings (SSSR count). The first-order valence-corrected chi connectivity index (χ1v) is 8.88. The van der Waals surface area contributed by atoms with Gasteiger partial charge in [-0.25, -0.2) is 4.98 Å². The minimum absolute atomic E-state index is 0.0310. The summed E-state index contributed by atoms with van der Waals surface area (Å²) in [4.78, 5) is 19.1. The van der Waals surface area contributed by atoms with Crippen LogP contribution >= 0.6 is 0 Å². The summed E-state index contributed by atoms with van der Waals surface area (Å²) in [6.07, 6.45) is 6.35. The van der Waals surface area contributed by atoms with Crippen molar-refractivity contribution in [2.45, 2.75) is 46.7 Å². The van der Waals surface area contributed by atoms with Crippen molar-refractivity contribution in [3.63, 3.8) is 0 Å². The summed E-state index contributed by atoms with van der Waals surface area (Å²) in [5, 5.41) is 0. The van der Waals surface area contributed by atoms with E-state index in [0.717, 1.165) is 18.9 Å². The zero-order valence-corrected chi connectivity index (χ0v) is 14.9. The molecule has 0 aliphatic heterocycles. The maximum atomic E-state index is 12.5. The van der Waals surface area contributed by atoms with E-state index in [1.54, 1.807) is 0 Å². The number of hydrogen-bond acceptors (Lipinski definition) is 2. The SMILES string of the molecule is Cc1ccccc1Cn1ccnc1CN(CC1CC1)C(=O)C(C)C. The molecule has 0 bridgehead atoms. The van der Waals surface area contributed by atoms with Crippen LogP contribution in [0.2, 0.25) is 0 Å². The standard InChI is InChI=1S/C20H27N3O/c1-15(2)20(24)23(12-17-8-9-17)14-19-21-10-11-22(19)13-18-7-5-4-6-16(18)3/h4-7,10-11,15,17H,8-9,12-14H2,1-3H3. The third-order valence-electron chi connectivity index (χ3n) is 4.72. The average Bonchev–Trinajstić information content (AvgIpc) is 3.27. The number of aromatic nitrogens is 2. The van der Waals surface area contributed by atoms with Gasteiger partial charge < -0.3 is 9.47 Å². The van der Waals surface area contributed by atoms with Crippen LogP contribution in [0.1, 0.15) is 43.6 Å². The van der Waals surface area contributed by atoms with Gasteiger partial charge in [0.2, 0.25) is 5.91 Å². The fraction of sp³-hybridized carbons (Fsp3) is 0.500. The average molecular weight is 325 g/mol. The van der Waals surface area contributed by atoms with E-state index in [2.05, 4.69) is 40.7 Å².